The first-order chi connectivity index (χ1) is 9.56. The van der Waals surface area contributed by atoms with Crippen LogP contribution < -0.4 is 11.1 Å². The van der Waals surface area contributed by atoms with E-state index in [1.807, 2.05) is 31.2 Å². The van der Waals surface area contributed by atoms with Gasteiger partial charge in [0.1, 0.15) is 0 Å². The number of hydrogen-bond donors (Lipinski definition) is 2. The largest absolute Gasteiger partial charge is 0.351 e. The van der Waals surface area contributed by atoms with Gasteiger partial charge in [0.25, 0.3) is 5.91 Å². The van der Waals surface area contributed by atoms with Crippen molar-refractivity contribution in [2.75, 3.05) is 6.54 Å². The molecule has 0 bridgehead atoms. The molecule has 0 radical (unpaired) electrons. The van der Waals surface area contributed by atoms with Crippen molar-refractivity contribution in [3.63, 3.8) is 0 Å². The van der Waals surface area contributed by atoms with Crippen LogP contribution in [0.2, 0.25) is 0 Å². The first-order valence-corrected chi connectivity index (χ1v) is 7.21. The molecule has 1 aromatic heterocycles. The van der Waals surface area contributed by atoms with E-state index >= 15 is 0 Å². The Bertz CT molecular complexity index is 600. The van der Waals surface area contributed by atoms with E-state index in [0.29, 0.717) is 12.2 Å². The highest BCUT2D eigenvalue weighted by atomic mass is 79.9. The highest BCUT2D eigenvalue weighted by molar-refractivity contribution is 9.10. The van der Waals surface area contributed by atoms with Crippen molar-refractivity contribution in [2.45, 2.75) is 19.4 Å². The lowest BCUT2D eigenvalue weighted by Crippen LogP contribution is -2.29. The van der Waals surface area contributed by atoms with Crippen LogP contribution in [0.4, 0.5) is 0 Å². The number of halogens is 2. The van der Waals surface area contributed by atoms with Crippen LogP contribution in [0.15, 0.2) is 41.0 Å². The third kappa shape index (κ3) is 5.15. The molecule has 1 unspecified atom stereocenters. The van der Waals surface area contributed by atoms with Crippen molar-refractivity contribution >= 4 is 34.2 Å². The zero-order chi connectivity index (χ0) is 14.5. The van der Waals surface area contributed by atoms with E-state index in [1.165, 1.54) is 0 Å². The zero-order valence-corrected chi connectivity index (χ0v) is 14.0. The SMILES string of the molecule is CC(N)CCNC(=O)c1ccn(-c2cccc(Br)c2)n1.Cl. The van der Waals surface area contributed by atoms with Gasteiger partial charge >= 0.3 is 0 Å². The van der Waals surface area contributed by atoms with E-state index in [1.54, 1.807) is 16.9 Å². The number of hydrogen-bond acceptors (Lipinski definition) is 3. The summed E-state index contributed by atoms with van der Waals surface area (Å²) in [5.41, 5.74) is 6.93. The fourth-order valence-electron chi connectivity index (χ4n) is 1.71. The molecule has 5 nitrogen and oxygen atoms in total. The molecule has 1 amide bonds. The summed E-state index contributed by atoms with van der Waals surface area (Å²) in [7, 11) is 0. The maximum absolute atomic E-state index is 11.9. The van der Waals surface area contributed by atoms with Crippen LogP contribution >= 0.6 is 28.3 Å². The molecule has 114 valence electrons. The highest BCUT2D eigenvalue weighted by Gasteiger charge is 2.10. The molecular weight excluding hydrogens is 356 g/mol. The monoisotopic (exact) mass is 372 g/mol. The molecule has 0 spiro atoms. The Morgan fingerprint density at radius 2 is 2.24 bits per heavy atom. The van der Waals surface area contributed by atoms with Gasteiger partial charge in [-0.2, -0.15) is 5.10 Å². The quantitative estimate of drug-likeness (QED) is 0.846. The summed E-state index contributed by atoms with van der Waals surface area (Å²) in [4.78, 5) is 11.9. The zero-order valence-electron chi connectivity index (χ0n) is 11.6. The number of rotatable bonds is 5. The third-order valence-corrected chi connectivity index (χ3v) is 3.27. The van der Waals surface area contributed by atoms with Gasteiger partial charge in [0, 0.05) is 23.3 Å². The van der Waals surface area contributed by atoms with Gasteiger partial charge in [-0.3, -0.25) is 4.79 Å². The number of amides is 1. The van der Waals surface area contributed by atoms with E-state index < -0.39 is 0 Å². The number of carbonyl (C=O) groups is 1. The van der Waals surface area contributed by atoms with E-state index in [2.05, 4.69) is 26.3 Å². The minimum Gasteiger partial charge on any atom is -0.351 e. The van der Waals surface area contributed by atoms with Gasteiger partial charge in [0.15, 0.2) is 5.69 Å². The molecule has 3 N–H and O–H groups in total. The molecule has 0 aliphatic carbocycles. The van der Waals surface area contributed by atoms with Gasteiger partial charge in [-0.15, -0.1) is 12.4 Å². The van der Waals surface area contributed by atoms with E-state index in [-0.39, 0.29) is 24.4 Å². The number of nitrogens with two attached hydrogens (primary N) is 1. The Morgan fingerprint density at radius 1 is 1.48 bits per heavy atom. The van der Waals surface area contributed by atoms with Gasteiger partial charge in [0.05, 0.1) is 5.69 Å². The lowest BCUT2D eigenvalue weighted by atomic mass is 10.2. The average Bonchev–Trinajstić information content (AvgIpc) is 2.87. The summed E-state index contributed by atoms with van der Waals surface area (Å²) < 4.78 is 2.64. The summed E-state index contributed by atoms with van der Waals surface area (Å²) >= 11 is 3.41. The predicted octanol–water partition coefficient (Wildman–Crippen LogP) is 2.52. The van der Waals surface area contributed by atoms with Crippen LogP contribution in [0.25, 0.3) is 5.69 Å². The number of aromatic nitrogens is 2. The molecular formula is C14H18BrClN4O. The Balaban J connectivity index is 0.00000220. The Morgan fingerprint density at radius 3 is 2.90 bits per heavy atom. The van der Waals surface area contributed by atoms with Crippen molar-refractivity contribution in [2.24, 2.45) is 5.73 Å². The second kappa shape index (κ2) is 8.17. The van der Waals surface area contributed by atoms with Crippen LogP contribution in [-0.2, 0) is 0 Å². The molecule has 2 aromatic rings. The molecule has 0 saturated carbocycles. The van der Waals surface area contributed by atoms with Crippen LogP contribution in [-0.4, -0.2) is 28.3 Å². The summed E-state index contributed by atoms with van der Waals surface area (Å²) in [6.07, 6.45) is 2.51. The fraction of sp³-hybridized carbons (Fsp3) is 0.286. The third-order valence-electron chi connectivity index (χ3n) is 2.78. The minimum absolute atomic E-state index is 0. The topological polar surface area (TPSA) is 72.9 Å². The van der Waals surface area contributed by atoms with Gasteiger partial charge < -0.3 is 11.1 Å². The Kier molecular flexibility index (Phi) is 6.87. The molecule has 1 atom stereocenters. The normalized spacial score (nSPS) is 11.6. The summed E-state index contributed by atoms with van der Waals surface area (Å²) in [5, 5.41) is 7.07. The number of benzene rings is 1. The maximum atomic E-state index is 11.9. The summed E-state index contributed by atoms with van der Waals surface area (Å²) in [5.74, 6) is -0.181. The van der Waals surface area contributed by atoms with E-state index in [0.717, 1.165) is 16.6 Å². The second-order valence-corrected chi connectivity index (χ2v) is 5.56. The fourth-order valence-corrected chi connectivity index (χ4v) is 2.10. The molecule has 0 aliphatic heterocycles. The van der Waals surface area contributed by atoms with Gasteiger partial charge in [0.2, 0.25) is 0 Å². The Hall–Kier alpha value is -1.37. The molecule has 0 aliphatic rings. The summed E-state index contributed by atoms with van der Waals surface area (Å²) in [6.45, 7) is 2.47. The lowest BCUT2D eigenvalue weighted by molar-refractivity contribution is 0.0947. The van der Waals surface area contributed by atoms with Crippen molar-refractivity contribution < 1.29 is 4.79 Å². The van der Waals surface area contributed by atoms with Gasteiger partial charge in [-0.25, -0.2) is 4.68 Å². The molecule has 7 heteroatoms. The smallest absolute Gasteiger partial charge is 0.271 e. The van der Waals surface area contributed by atoms with Crippen molar-refractivity contribution in [3.05, 3.63) is 46.7 Å². The molecule has 1 aromatic carbocycles. The number of nitrogens with one attached hydrogen (secondary N) is 1. The average molecular weight is 374 g/mol. The number of carbonyl (C=O) groups excluding carboxylic acids is 1. The number of nitrogens with zero attached hydrogens (tertiary/aromatic N) is 2. The molecule has 2 rings (SSSR count). The minimum atomic E-state index is -0.181. The van der Waals surface area contributed by atoms with Crippen molar-refractivity contribution in [1.82, 2.24) is 15.1 Å². The first-order valence-electron chi connectivity index (χ1n) is 6.41. The predicted molar refractivity (Wildman–Crippen MR) is 89.1 cm³/mol. The van der Waals surface area contributed by atoms with Gasteiger partial charge in [-0.05, 0) is 37.6 Å². The molecule has 0 fully saturated rings. The van der Waals surface area contributed by atoms with Crippen molar-refractivity contribution in [1.29, 1.82) is 0 Å². The highest BCUT2D eigenvalue weighted by Crippen LogP contribution is 2.15. The van der Waals surface area contributed by atoms with E-state index in [4.69, 9.17) is 5.73 Å². The second-order valence-electron chi connectivity index (χ2n) is 4.65. The van der Waals surface area contributed by atoms with Crippen molar-refractivity contribution in [3.8, 4) is 5.69 Å². The first kappa shape index (κ1) is 17.7. The van der Waals surface area contributed by atoms with Crippen LogP contribution in [0, 0.1) is 0 Å². The standard InChI is InChI=1S/C14H17BrN4O.ClH/c1-10(16)5-7-17-14(20)13-6-8-19(18-13)12-4-2-3-11(15)9-12;/h2-4,6,8-10H,5,7,16H2,1H3,(H,17,20);1H. The van der Waals surface area contributed by atoms with Crippen LogP contribution in [0.5, 0.6) is 0 Å². The summed E-state index contributed by atoms with van der Waals surface area (Å²) in [6, 6.07) is 9.50. The Labute approximate surface area is 138 Å². The lowest BCUT2D eigenvalue weighted by Gasteiger charge is -2.05. The molecule has 21 heavy (non-hydrogen) atoms. The molecule has 0 saturated heterocycles. The van der Waals surface area contributed by atoms with E-state index in [9.17, 15) is 4.79 Å². The van der Waals surface area contributed by atoms with Gasteiger partial charge in [-0.1, -0.05) is 22.0 Å². The van der Waals surface area contributed by atoms with Crippen LogP contribution in [0.1, 0.15) is 23.8 Å². The molecule has 1 heterocycles. The van der Waals surface area contributed by atoms with Crippen LogP contribution in [0.3, 0.4) is 0 Å². The maximum Gasteiger partial charge on any atom is 0.271 e.